The summed E-state index contributed by atoms with van der Waals surface area (Å²) in [5, 5.41) is 21.2. The van der Waals surface area contributed by atoms with Gasteiger partial charge >= 0.3 is 0 Å². The van der Waals surface area contributed by atoms with Gasteiger partial charge in [-0.3, -0.25) is 4.90 Å². The molecular formula is C19H20FNO2S. The molecule has 2 aromatic rings. The van der Waals surface area contributed by atoms with Crippen molar-refractivity contribution in [3.8, 4) is 11.8 Å². The van der Waals surface area contributed by atoms with Crippen LogP contribution in [-0.4, -0.2) is 40.9 Å². The van der Waals surface area contributed by atoms with Crippen LogP contribution in [0.3, 0.4) is 0 Å². The fraction of sp³-hybridized carbons (Fsp3) is 0.368. The van der Waals surface area contributed by atoms with Crippen LogP contribution in [0.4, 0.5) is 4.39 Å². The molecule has 1 aromatic heterocycles. The van der Waals surface area contributed by atoms with E-state index in [0.717, 1.165) is 30.6 Å². The van der Waals surface area contributed by atoms with Gasteiger partial charge in [-0.05, 0) is 36.7 Å². The lowest BCUT2D eigenvalue weighted by Gasteiger charge is -2.36. The molecule has 0 aliphatic carbocycles. The number of aliphatic hydroxyl groups is 2. The Morgan fingerprint density at radius 2 is 2.08 bits per heavy atom. The number of hydrogen-bond donors (Lipinski definition) is 2. The van der Waals surface area contributed by atoms with E-state index in [-0.39, 0.29) is 18.3 Å². The number of piperidine rings is 1. The molecule has 3 nitrogen and oxygen atoms in total. The average Bonchev–Trinajstić information content (AvgIpc) is 3.01. The van der Waals surface area contributed by atoms with Crippen molar-refractivity contribution >= 4 is 11.3 Å². The minimum atomic E-state index is -0.446. The Hall–Kier alpha value is -1.71. The number of benzene rings is 1. The predicted molar refractivity (Wildman–Crippen MR) is 93.3 cm³/mol. The highest BCUT2D eigenvalue weighted by Crippen LogP contribution is 2.29. The van der Waals surface area contributed by atoms with E-state index in [0.29, 0.717) is 6.54 Å². The molecule has 3 rings (SSSR count). The highest BCUT2D eigenvalue weighted by molar-refractivity contribution is 7.10. The summed E-state index contributed by atoms with van der Waals surface area (Å²) in [7, 11) is 0. The van der Waals surface area contributed by atoms with Crippen LogP contribution in [-0.2, 0) is 6.54 Å². The first-order valence-corrected chi connectivity index (χ1v) is 8.86. The number of likely N-dealkylation sites (tertiary alicyclic amines) is 1. The number of thiophene rings is 1. The molecule has 0 bridgehead atoms. The van der Waals surface area contributed by atoms with Gasteiger partial charge in [0.2, 0.25) is 0 Å². The first-order chi connectivity index (χ1) is 11.7. The number of hydrogen-bond acceptors (Lipinski definition) is 4. The van der Waals surface area contributed by atoms with Crippen molar-refractivity contribution in [3.63, 3.8) is 0 Å². The van der Waals surface area contributed by atoms with Gasteiger partial charge in [0.15, 0.2) is 0 Å². The van der Waals surface area contributed by atoms with Gasteiger partial charge in [-0.2, -0.15) is 0 Å². The van der Waals surface area contributed by atoms with E-state index >= 15 is 0 Å². The van der Waals surface area contributed by atoms with Crippen molar-refractivity contribution < 1.29 is 14.6 Å². The third-order valence-corrected chi connectivity index (χ3v) is 5.23. The number of aliphatic hydroxyl groups excluding tert-OH is 2. The Morgan fingerprint density at radius 3 is 2.79 bits per heavy atom. The zero-order valence-electron chi connectivity index (χ0n) is 13.3. The van der Waals surface area contributed by atoms with E-state index in [2.05, 4.69) is 16.7 Å². The molecule has 2 atom stereocenters. The summed E-state index contributed by atoms with van der Waals surface area (Å²) in [6.45, 7) is 2.17. The van der Waals surface area contributed by atoms with Crippen LogP contribution in [0.2, 0.25) is 0 Å². The third-order valence-electron chi connectivity index (χ3n) is 4.31. The van der Waals surface area contributed by atoms with Gasteiger partial charge in [-0.15, -0.1) is 11.3 Å². The van der Waals surface area contributed by atoms with Crippen molar-refractivity contribution in [2.75, 3.05) is 19.7 Å². The van der Waals surface area contributed by atoms with Crippen molar-refractivity contribution in [1.29, 1.82) is 0 Å². The molecule has 1 aliphatic heterocycles. The Balaban J connectivity index is 1.59. The molecule has 0 spiro atoms. The fourth-order valence-corrected chi connectivity index (χ4v) is 3.99. The van der Waals surface area contributed by atoms with E-state index in [1.165, 1.54) is 17.0 Å². The molecule has 0 amide bonds. The molecule has 1 saturated heterocycles. The van der Waals surface area contributed by atoms with Gasteiger partial charge in [0, 0.05) is 34.8 Å². The molecular weight excluding hydrogens is 325 g/mol. The molecule has 1 aliphatic rings. The Kier molecular flexibility index (Phi) is 5.64. The normalized spacial score (nSPS) is 21.3. The molecule has 2 N–H and O–H groups in total. The Labute approximate surface area is 145 Å². The second-order valence-electron chi connectivity index (χ2n) is 6.01. The van der Waals surface area contributed by atoms with Gasteiger partial charge in [-0.1, -0.05) is 24.0 Å². The van der Waals surface area contributed by atoms with Crippen molar-refractivity contribution in [3.05, 3.63) is 57.5 Å². The van der Waals surface area contributed by atoms with Crippen LogP contribution < -0.4 is 0 Å². The summed E-state index contributed by atoms with van der Waals surface area (Å²) >= 11 is 1.64. The first kappa shape index (κ1) is 17.1. The third kappa shape index (κ3) is 4.22. The van der Waals surface area contributed by atoms with E-state index in [4.69, 9.17) is 5.11 Å². The zero-order chi connectivity index (χ0) is 16.9. The molecule has 1 aromatic carbocycles. The monoisotopic (exact) mass is 345 g/mol. The van der Waals surface area contributed by atoms with Crippen LogP contribution in [0.5, 0.6) is 0 Å². The maximum atomic E-state index is 13.0. The quantitative estimate of drug-likeness (QED) is 0.841. The van der Waals surface area contributed by atoms with Crippen LogP contribution in [0, 0.1) is 17.7 Å². The number of halogens is 1. The standard InChI is InChI=1S/C19H20FNO2S/c20-16-5-3-15(4-6-16)18-7-8-21(12-19(18)23)11-17-10-14(13-24-17)2-1-9-22/h3-6,10,13,18-19,22-23H,7-9,11-12H2/t18-,19+/m0/s1. The van der Waals surface area contributed by atoms with Gasteiger partial charge in [0.05, 0.1) is 6.10 Å². The largest absolute Gasteiger partial charge is 0.391 e. The van der Waals surface area contributed by atoms with Crippen molar-refractivity contribution in [2.24, 2.45) is 0 Å². The summed E-state index contributed by atoms with van der Waals surface area (Å²) < 4.78 is 13.0. The molecule has 126 valence electrons. The Bertz CT molecular complexity index is 732. The second-order valence-corrected chi connectivity index (χ2v) is 7.01. The summed E-state index contributed by atoms with van der Waals surface area (Å²) in [5.74, 6) is 5.37. The lowest BCUT2D eigenvalue weighted by Crippen LogP contribution is -2.42. The maximum Gasteiger partial charge on any atom is 0.123 e. The summed E-state index contributed by atoms with van der Waals surface area (Å²) in [6, 6.07) is 8.48. The molecule has 5 heteroatoms. The Morgan fingerprint density at radius 1 is 1.29 bits per heavy atom. The number of β-amino-alcohol motifs (C(OH)–C–C–N with tert-alkyl or cyclic N) is 1. The van der Waals surface area contributed by atoms with Gasteiger partial charge in [0.25, 0.3) is 0 Å². The van der Waals surface area contributed by atoms with Crippen molar-refractivity contribution in [1.82, 2.24) is 4.90 Å². The van der Waals surface area contributed by atoms with E-state index < -0.39 is 6.10 Å². The van der Waals surface area contributed by atoms with Crippen LogP contribution in [0.1, 0.15) is 28.3 Å². The summed E-state index contributed by atoms with van der Waals surface area (Å²) in [4.78, 5) is 3.43. The van der Waals surface area contributed by atoms with E-state index in [1.54, 1.807) is 23.5 Å². The van der Waals surface area contributed by atoms with E-state index in [1.807, 2.05) is 11.4 Å². The van der Waals surface area contributed by atoms with E-state index in [9.17, 15) is 9.50 Å². The van der Waals surface area contributed by atoms with Crippen LogP contribution >= 0.6 is 11.3 Å². The van der Waals surface area contributed by atoms with Crippen LogP contribution in [0.15, 0.2) is 35.7 Å². The molecule has 0 radical (unpaired) electrons. The molecule has 2 heterocycles. The highest BCUT2D eigenvalue weighted by Gasteiger charge is 2.28. The van der Waals surface area contributed by atoms with Crippen LogP contribution in [0.25, 0.3) is 0 Å². The molecule has 0 saturated carbocycles. The summed E-state index contributed by atoms with van der Waals surface area (Å²) in [5.41, 5.74) is 1.92. The molecule has 24 heavy (non-hydrogen) atoms. The molecule has 1 fully saturated rings. The minimum absolute atomic E-state index is 0.0659. The lowest BCUT2D eigenvalue weighted by molar-refractivity contribution is 0.0481. The number of rotatable bonds is 3. The van der Waals surface area contributed by atoms with Crippen molar-refractivity contribution in [2.45, 2.75) is 25.0 Å². The first-order valence-electron chi connectivity index (χ1n) is 7.98. The predicted octanol–water partition coefficient (Wildman–Crippen LogP) is 2.58. The zero-order valence-corrected chi connectivity index (χ0v) is 14.1. The number of nitrogens with zero attached hydrogens (tertiary/aromatic N) is 1. The van der Waals surface area contributed by atoms with Gasteiger partial charge in [0.1, 0.15) is 12.4 Å². The average molecular weight is 345 g/mol. The topological polar surface area (TPSA) is 43.7 Å². The maximum absolute atomic E-state index is 13.0. The van der Waals surface area contributed by atoms with Gasteiger partial charge in [-0.25, -0.2) is 4.39 Å². The van der Waals surface area contributed by atoms with Gasteiger partial charge < -0.3 is 10.2 Å². The SMILES string of the molecule is OCC#Cc1csc(CN2CC[C@@H](c3ccc(F)cc3)[C@H](O)C2)c1. The lowest BCUT2D eigenvalue weighted by atomic mass is 9.87. The fourth-order valence-electron chi connectivity index (χ4n) is 3.13. The molecule has 0 unspecified atom stereocenters. The summed E-state index contributed by atoms with van der Waals surface area (Å²) in [6.07, 6.45) is 0.410. The smallest absolute Gasteiger partial charge is 0.123 e. The minimum Gasteiger partial charge on any atom is -0.391 e. The second kappa shape index (κ2) is 7.91. The highest BCUT2D eigenvalue weighted by atomic mass is 32.1.